The van der Waals surface area contributed by atoms with E-state index >= 15 is 0 Å². The molecule has 6 nitrogen and oxygen atoms in total. The van der Waals surface area contributed by atoms with Crippen molar-refractivity contribution in [3.63, 3.8) is 0 Å². The summed E-state index contributed by atoms with van der Waals surface area (Å²) in [6.45, 7) is 3.68. The summed E-state index contributed by atoms with van der Waals surface area (Å²) in [4.78, 5) is 8.99. The van der Waals surface area contributed by atoms with Crippen LogP contribution in [0.3, 0.4) is 0 Å². The first-order chi connectivity index (χ1) is 9.18. The molecule has 1 atom stereocenters. The van der Waals surface area contributed by atoms with Crippen LogP contribution < -0.4 is 0 Å². The van der Waals surface area contributed by atoms with Gasteiger partial charge in [-0.15, -0.1) is 0 Å². The number of nitrogens with zero attached hydrogens (tertiary/aromatic N) is 3. The first-order valence-electron chi connectivity index (χ1n) is 6.91. The fraction of sp³-hybridized carbons (Fsp3) is 0.750. The second-order valence-electron chi connectivity index (χ2n) is 5.31. The molecule has 1 aromatic heterocycles. The summed E-state index contributed by atoms with van der Waals surface area (Å²) in [6, 6.07) is 0.105. The van der Waals surface area contributed by atoms with Gasteiger partial charge in [0.05, 0.1) is 0 Å². The van der Waals surface area contributed by atoms with E-state index in [2.05, 4.69) is 14.9 Å². The SMILES string of the molecule is O=S(=O)(c1ncc[nH]1)N1CCCC1CN1CCCC1. The van der Waals surface area contributed by atoms with Gasteiger partial charge in [0.1, 0.15) is 0 Å². The van der Waals surface area contributed by atoms with Crippen LogP contribution in [0.1, 0.15) is 25.7 Å². The van der Waals surface area contributed by atoms with Crippen LogP contribution in [-0.2, 0) is 10.0 Å². The van der Waals surface area contributed by atoms with Crippen molar-refractivity contribution in [2.24, 2.45) is 0 Å². The van der Waals surface area contributed by atoms with Gasteiger partial charge in [-0.25, -0.2) is 13.4 Å². The van der Waals surface area contributed by atoms with Gasteiger partial charge >= 0.3 is 0 Å². The van der Waals surface area contributed by atoms with Gasteiger partial charge in [-0.3, -0.25) is 0 Å². The van der Waals surface area contributed by atoms with E-state index in [1.807, 2.05) is 0 Å². The van der Waals surface area contributed by atoms with E-state index in [1.165, 1.54) is 19.0 Å². The number of sulfonamides is 1. The Morgan fingerprint density at radius 1 is 1.26 bits per heavy atom. The molecular formula is C12H20N4O2S. The zero-order chi connectivity index (χ0) is 13.3. The van der Waals surface area contributed by atoms with Crippen LogP contribution in [0, 0.1) is 0 Å². The molecular weight excluding hydrogens is 264 g/mol. The number of hydrogen-bond acceptors (Lipinski definition) is 4. The Labute approximate surface area is 113 Å². The van der Waals surface area contributed by atoms with Crippen LogP contribution in [0.4, 0.5) is 0 Å². The van der Waals surface area contributed by atoms with Crippen molar-refractivity contribution < 1.29 is 8.42 Å². The van der Waals surface area contributed by atoms with Gasteiger partial charge in [-0.1, -0.05) is 0 Å². The van der Waals surface area contributed by atoms with E-state index in [-0.39, 0.29) is 11.2 Å². The number of aromatic amines is 1. The Morgan fingerprint density at radius 2 is 2.05 bits per heavy atom. The molecule has 19 heavy (non-hydrogen) atoms. The van der Waals surface area contributed by atoms with Gasteiger partial charge in [0.15, 0.2) is 0 Å². The first-order valence-corrected chi connectivity index (χ1v) is 8.35. The lowest BCUT2D eigenvalue weighted by atomic mass is 10.2. The number of nitrogens with one attached hydrogen (secondary N) is 1. The van der Waals surface area contributed by atoms with Crippen molar-refractivity contribution >= 4 is 10.0 Å². The molecule has 2 aliphatic rings. The number of H-pyrrole nitrogens is 1. The minimum atomic E-state index is -3.45. The monoisotopic (exact) mass is 284 g/mol. The van der Waals surface area contributed by atoms with Crippen LogP contribution in [0.25, 0.3) is 0 Å². The van der Waals surface area contributed by atoms with E-state index in [4.69, 9.17) is 0 Å². The normalized spacial score (nSPS) is 26.2. The lowest BCUT2D eigenvalue weighted by Gasteiger charge is -2.27. The van der Waals surface area contributed by atoms with Crippen LogP contribution in [0.5, 0.6) is 0 Å². The summed E-state index contributed by atoms with van der Waals surface area (Å²) >= 11 is 0. The summed E-state index contributed by atoms with van der Waals surface area (Å²) in [6.07, 6.45) is 7.40. The van der Waals surface area contributed by atoms with Gasteiger partial charge in [0.2, 0.25) is 5.16 Å². The molecule has 106 valence electrons. The smallest absolute Gasteiger partial charge is 0.277 e. The van der Waals surface area contributed by atoms with Crippen molar-refractivity contribution in [3.8, 4) is 0 Å². The lowest BCUT2D eigenvalue weighted by Crippen LogP contribution is -2.42. The van der Waals surface area contributed by atoms with Crippen LogP contribution in [0.2, 0.25) is 0 Å². The number of hydrogen-bond donors (Lipinski definition) is 1. The Balaban J connectivity index is 1.75. The Morgan fingerprint density at radius 3 is 2.74 bits per heavy atom. The number of imidazole rings is 1. The molecule has 3 rings (SSSR count). The number of aromatic nitrogens is 2. The maximum Gasteiger partial charge on any atom is 0.277 e. The molecule has 0 spiro atoms. The molecule has 1 aromatic rings. The van der Waals surface area contributed by atoms with Gasteiger partial charge in [-0.05, 0) is 38.8 Å². The molecule has 0 radical (unpaired) electrons. The molecule has 7 heteroatoms. The maximum atomic E-state index is 12.5. The Bertz CT molecular complexity index is 508. The molecule has 2 saturated heterocycles. The highest BCUT2D eigenvalue weighted by molar-refractivity contribution is 7.89. The van der Waals surface area contributed by atoms with Crippen molar-refractivity contribution in [2.45, 2.75) is 36.9 Å². The second-order valence-corrected chi connectivity index (χ2v) is 7.12. The summed E-state index contributed by atoms with van der Waals surface area (Å²) in [5, 5.41) is 0.0702. The predicted molar refractivity (Wildman–Crippen MR) is 71.2 cm³/mol. The average Bonchev–Trinajstić information content (AvgIpc) is 3.12. The molecule has 0 saturated carbocycles. The fourth-order valence-electron chi connectivity index (χ4n) is 3.07. The van der Waals surface area contributed by atoms with Crippen molar-refractivity contribution in [3.05, 3.63) is 12.4 Å². The number of likely N-dealkylation sites (tertiary alicyclic amines) is 1. The van der Waals surface area contributed by atoms with Crippen LogP contribution in [0.15, 0.2) is 17.6 Å². The number of rotatable bonds is 4. The summed E-state index contributed by atoms with van der Waals surface area (Å²) < 4.78 is 26.6. The third kappa shape index (κ3) is 2.54. The topological polar surface area (TPSA) is 69.3 Å². The highest BCUT2D eigenvalue weighted by atomic mass is 32.2. The van der Waals surface area contributed by atoms with Crippen molar-refractivity contribution in [1.29, 1.82) is 0 Å². The molecule has 2 aliphatic heterocycles. The lowest BCUT2D eigenvalue weighted by molar-refractivity contribution is 0.257. The molecule has 2 fully saturated rings. The highest BCUT2D eigenvalue weighted by Crippen LogP contribution is 2.25. The quantitative estimate of drug-likeness (QED) is 0.882. The van der Waals surface area contributed by atoms with Crippen molar-refractivity contribution in [2.75, 3.05) is 26.2 Å². The van der Waals surface area contributed by atoms with Crippen LogP contribution >= 0.6 is 0 Å². The van der Waals surface area contributed by atoms with Crippen molar-refractivity contribution in [1.82, 2.24) is 19.2 Å². The fourth-order valence-corrected chi connectivity index (χ4v) is 4.64. The summed E-state index contributed by atoms with van der Waals surface area (Å²) in [7, 11) is -3.45. The largest absolute Gasteiger partial charge is 0.334 e. The zero-order valence-corrected chi connectivity index (χ0v) is 11.8. The van der Waals surface area contributed by atoms with Crippen LogP contribution in [-0.4, -0.2) is 59.8 Å². The molecule has 0 aliphatic carbocycles. The molecule has 0 aromatic carbocycles. The van der Waals surface area contributed by atoms with E-state index in [9.17, 15) is 8.42 Å². The summed E-state index contributed by atoms with van der Waals surface area (Å²) in [5.41, 5.74) is 0. The standard InChI is InChI=1S/C12H20N4O2S/c17-19(18,12-13-5-6-14-12)16-9-3-4-11(16)10-15-7-1-2-8-15/h5-6,11H,1-4,7-10H2,(H,13,14). The van der Waals surface area contributed by atoms with Gasteiger partial charge in [-0.2, -0.15) is 4.31 Å². The summed E-state index contributed by atoms with van der Waals surface area (Å²) in [5.74, 6) is 0. The van der Waals surface area contributed by atoms with Gasteiger partial charge in [0.25, 0.3) is 10.0 Å². The van der Waals surface area contributed by atoms with Gasteiger partial charge in [0, 0.05) is 31.5 Å². The third-order valence-electron chi connectivity index (χ3n) is 4.02. The minimum Gasteiger partial charge on any atom is -0.334 e. The Kier molecular flexibility index (Phi) is 3.60. The molecule has 1 unspecified atom stereocenters. The van der Waals surface area contributed by atoms with E-state index < -0.39 is 10.0 Å². The molecule has 0 amide bonds. The zero-order valence-electron chi connectivity index (χ0n) is 11.0. The Hall–Kier alpha value is -0.920. The molecule has 3 heterocycles. The van der Waals surface area contributed by atoms with Gasteiger partial charge < -0.3 is 9.88 Å². The molecule has 1 N–H and O–H groups in total. The third-order valence-corrected chi connectivity index (χ3v) is 5.83. The molecule has 0 bridgehead atoms. The average molecular weight is 284 g/mol. The van der Waals surface area contributed by atoms with E-state index in [1.54, 1.807) is 10.5 Å². The highest BCUT2D eigenvalue weighted by Gasteiger charge is 2.37. The predicted octanol–water partition coefficient (Wildman–Crippen LogP) is 0.659. The van der Waals surface area contributed by atoms with E-state index in [0.29, 0.717) is 6.54 Å². The minimum absolute atomic E-state index is 0.0702. The maximum absolute atomic E-state index is 12.5. The van der Waals surface area contributed by atoms with E-state index in [0.717, 1.165) is 32.5 Å². The first kappa shape index (κ1) is 13.1. The second kappa shape index (κ2) is 5.22.